The summed E-state index contributed by atoms with van der Waals surface area (Å²) in [6.45, 7) is 1.64. The lowest BCUT2D eigenvalue weighted by Crippen LogP contribution is -2.35. The molecule has 2 aromatic rings. The van der Waals surface area contributed by atoms with Crippen LogP contribution in [0.2, 0.25) is 0 Å². The van der Waals surface area contributed by atoms with Crippen LogP contribution in [0.4, 0.5) is 0 Å². The molecule has 1 unspecified atom stereocenters. The first-order valence-corrected chi connectivity index (χ1v) is 7.74. The number of hydrogen-bond acceptors (Lipinski definition) is 5. The molecule has 0 saturated heterocycles. The lowest BCUT2D eigenvalue weighted by atomic mass is 10.2. The van der Waals surface area contributed by atoms with Gasteiger partial charge in [0.1, 0.15) is 5.84 Å². The van der Waals surface area contributed by atoms with E-state index in [2.05, 4.69) is 14.9 Å². The van der Waals surface area contributed by atoms with E-state index in [4.69, 9.17) is 10.9 Å². The van der Waals surface area contributed by atoms with Crippen molar-refractivity contribution in [2.24, 2.45) is 10.9 Å². The molecular weight excluding hydrogens is 292 g/mol. The van der Waals surface area contributed by atoms with Crippen LogP contribution in [0.1, 0.15) is 13.3 Å². The fourth-order valence-electron chi connectivity index (χ4n) is 2.05. The number of aromatic nitrogens is 1. The summed E-state index contributed by atoms with van der Waals surface area (Å²) in [5.74, 6) is -0.0349. The third-order valence-electron chi connectivity index (χ3n) is 2.93. The number of nitrogens with one attached hydrogen (secondary N) is 1. The summed E-state index contributed by atoms with van der Waals surface area (Å²) in [6, 6.07) is 6.13. The minimum absolute atomic E-state index is 0.0349. The van der Waals surface area contributed by atoms with Crippen molar-refractivity contribution in [1.82, 2.24) is 9.71 Å². The molecule has 1 aromatic heterocycles. The van der Waals surface area contributed by atoms with Crippen molar-refractivity contribution in [3.63, 3.8) is 0 Å². The summed E-state index contributed by atoms with van der Waals surface area (Å²) in [5.41, 5.74) is 5.38. The summed E-state index contributed by atoms with van der Waals surface area (Å²) in [7, 11) is -3.71. The Hall–Kier alpha value is -2.19. The van der Waals surface area contributed by atoms with Gasteiger partial charge < -0.3 is 10.9 Å². The van der Waals surface area contributed by atoms with E-state index in [1.54, 1.807) is 37.5 Å². The Kier molecular flexibility index (Phi) is 4.39. The Bertz CT molecular complexity index is 769. The van der Waals surface area contributed by atoms with Gasteiger partial charge in [0, 0.05) is 35.6 Å². The van der Waals surface area contributed by atoms with Crippen LogP contribution in [0.25, 0.3) is 10.8 Å². The van der Waals surface area contributed by atoms with E-state index in [9.17, 15) is 8.42 Å². The van der Waals surface area contributed by atoms with Gasteiger partial charge in [-0.05, 0) is 19.1 Å². The molecule has 0 aliphatic heterocycles. The van der Waals surface area contributed by atoms with E-state index in [0.717, 1.165) is 5.39 Å². The third-order valence-corrected chi connectivity index (χ3v) is 4.58. The molecule has 2 rings (SSSR count). The van der Waals surface area contributed by atoms with Crippen molar-refractivity contribution >= 4 is 26.6 Å². The average Bonchev–Trinajstić information content (AvgIpc) is 2.45. The second kappa shape index (κ2) is 6.06. The summed E-state index contributed by atoms with van der Waals surface area (Å²) >= 11 is 0. The van der Waals surface area contributed by atoms with E-state index >= 15 is 0 Å². The maximum atomic E-state index is 12.5. The number of pyridine rings is 1. The van der Waals surface area contributed by atoms with Crippen molar-refractivity contribution < 1.29 is 13.6 Å². The Labute approximate surface area is 122 Å². The molecule has 0 bridgehead atoms. The molecule has 21 heavy (non-hydrogen) atoms. The number of sulfonamides is 1. The minimum atomic E-state index is -3.71. The molecule has 4 N–H and O–H groups in total. The maximum absolute atomic E-state index is 12.5. The van der Waals surface area contributed by atoms with Crippen LogP contribution in [-0.2, 0) is 10.0 Å². The fourth-order valence-corrected chi connectivity index (χ4v) is 3.52. The molecular formula is C13H16N4O3S. The van der Waals surface area contributed by atoms with Gasteiger partial charge in [-0.1, -0.05) is 17.3 Å². The van der Waals surface area contributed by atoms with Crippen molar-refractivity contribution in [2.45, 2.75) is 24.3 Å². The molecule has 0 aliphatic rings. The predicted octanol–water partition coefficient (Wildman–Crippen LogP) is 1.04. The van der Waals surface area contributed by atoms with E-state index in [1.165, 1.54) is 6.07 Å². The second-order valence-corrected chi connectivity index (χ2v) is 6.35. The standard InChI is InChI=1S/C13H16N4O3S/c1-9(7-13(14)16-18)17-21(19,20)12-4-2-3-10-8-15-6-5-11(10)12/h2-6,8-9,17-18H,7H2,1H3,(H2,14,16). The highest BCUT2D eigenvalue weighted by atomic mass is 32.2. The molecule has 8 heteroatoms. The van der Waals surface area contributed by atoms with Crippen molar-refractivity contribution in [3.05, 3.63) is 36.7 Å². The van der Waals surface area contributed by atoms with Gasteiger partial charge in [-0.25, -0.2) is 13.1 Å². The Morgan fingerprint density at radius 1 is 1.48 bits per heavy atom. The Morgan fingerprint density at radius 3 is 2.95 bits per heavy atom. The zero-order chi connectivity index (χ0) is 15.5. The number of fused-ring (bicyclic) bond motifs is 1. The van der Waals surface area contributed by atoms with Crippen LogP contribution < -0.4 is 10.5 Å². The summed E-state index contributed by atoms with van der Waals surface area (Å²) in [4.78, 5) is 4.15. The SMILES string of the molecule is CC(C/C(N)=N/O)NS(=O)(=O)c1cccc2cnccc12. The van der Waals surface area contributed by atoms with Crippen molar-refractivity contribution in [3.8, 4) is 0 Å². The first-order valence-electron chi connectivity index (χ1n) is 6.25. The number of nitrogens with two attached hydrogens (primary N) is 1. The number of nitrogens with zero attached hydrogens (tertiary/aromatic N) is 2. The van der Waals surface area contributed by atoms with Crippen LogP contribution in [0, 0.1) is 0 Å². The molecule has 0 fully saturated rings. The molecule has 1 heterocycles. The number of amidine groups is 1. The first kappa shape index (κ1) is 15.2. The molecule has 7 nitrogen and oxygen atoms in total. The van der Waals surface area contributed by atoms with E-state index in [0.29, 0.717) is 5.39 Å². The normalized spacial score (nSPS) is 14.2. The Morgan fingerprint density at radius 2 is 2.24 bits per heavy atom. The van der Waals surface area contributed by atoms with Gasteiger partial charge in [0.2, 0.25) is 10.0 Å². The summed E-state index contributed by atoms with van der Waals surface area (Å²) in [5, 5.41) is 12.7. The molecule has 1 atom stereocenters. The molecule has 0 amide bonds. The highest BCUT2D eigenvalue weighted by molar-refractivity contribution is 7.89. The zero-order valence-electron chi connectivity index (χ0n) is 11.4. The molecule has 0 saturated carbocycles. The third kappa shape index (κ3) is 3.47. The topological polar surface area (TPSA) is 118 Å². The van der Waals surface area contributed by atoms with Gasteiger partial charge in [-0.3, -0.25) is 4.98 Å². The highest BCUT2D eigenvalue weighted by Gasteiger charge is 2.20. The van der Waals surface area contributed by atoms with Gasteiger partial charge in [0.25, 0.3) is 0 Å². The van der Waals surface area contributed by atoms with Gasteiger partial charge in [0.05, 0.1) is 4.90 Å². The zero-order valence-corrected chi connectivity index (χ0v) is 12.2. The summed E-state index contributed by atoms with van der Waals surface area (Å²) < 4.78 is 27.4. The summed E-state index contributed by atoms with van der Waals surface area (Å²) in [6.07, 6.45) is 3.26. The van der Waals surface area contributed by atoms with Crippen LogP contribution in [0.3, 0.4) is 0 Å². The molecule has 0 radical (unpaired) electrons. The monoisotopic (exact) mass is 308 g/mol. The molecule has 0 spiro atoms. The smallest absolute Gasteiger partial charge is 0.241 e. The number of oxime groups is 1. The number of hydrogen-bond donors (Lipinski definition) is 3. The van der Waals surface area contributed by atoms with Crippen LogP contribution in [-0.4, -0.2) is 30.5 Å². The minimum Gasteiger partial charge on any atom is -0.409 e. The lowest BCUT2D eigenvalue weighted by molar-refractivity contribution is 0.316. The number of rotatable bonds is 5. The lowest BCUT2D eigenvalue weighted by Gasteiger charge is -2.14. The maximum Gasteiger partial charge on any atom is 0.241 e. The van der Waals surface area contributed by atoms with Crippen molar-refractivity contribution in [1.29, 1.82) is 0 Å². The van der Waals surface area contributed by atoms with E-state index in [-0.39, 0.29) is 17.2 Å². The van der Waals surface area contributed by atoms with Gasteiger partial charge in [-0.2, -0.15) is 0 Å². The molecule has 112 valence electrons. The molecule has 1 aromatic carbocycles. The highest BCUT2D eigenvalue weighted by Crippen LogP contribution is 2.22. The van der Waals surface area contributed by atoms with Gasteiger partial charge >= 0.3 is 0 Å². The van der Waals surface area contributed by atoms with E-state index < -0.39 is 16.1 Å². The molecule has 0 aliphatic carbocycles. The first-order chi connectivity index (χ1) is 9.94. The average molecular weight is 308 g/mol. The second-order valence-electron chi connectivity index (χ2n) is 4.67. The largest absolute Gasteiger partial charge is 0.409 e. The quantitative estimate of drug-likeness (QED) is 0.330. The van der Waals surface area contributed by atoms with Crippen LogP contribution in [0.15, 0.2) is 46.7 Å². The number of benzene rings is 1. The fraction of sp³-hybridized carbons (Fsp3) is 0.231. The van der Waals surface area contributed by atoms with E-state index in [1.807, 2.05) is 0 Å². The predicted molar refractivity (Wildman–Crippen MR) is 79.6 cm³/mol. The van der Waals surface area contributed by atoms with Crippen LogP contribution >= 0.6 is 0 Å². The van der Waals surface area contributed by atoms with Gasteiger partial charge in [0.15, 0.2) is 0 Å². The van der Waals surface area contributed by atoms with Crippen molar-refractivity contribution in [2.75, 3.05) is 0 Å². The van der Waals surface area contributed by atoms with Crippen LogP contribution in [0.5, 0.6) is 0 Å². The Balaban J connectivity index is 2.34. The van der Waals surface area contributed by atoms with Gasteiger partial charge in [-0.15, -0.1) is 0 Å².